The van der Waals surface area contributed by atoms with Crippen LogP contribution in [-0.4, -0.2) is 43.3 Å². The summed E-state index contributed by atoms with van der Waals surface area (Å²) in [6.07, 6.45) is 2.41. The standard InChI is InChI=1S/C17H22N4O4S/c1-12-3-2-10-21(11-12)26(24,25)14-6-4-13(5-7-14)18-17(23)15-8-9-16(22)20-19-15/h4-7,12H,2-3,8-11H2,1H3,(H,18,23)(H,20,22). The Morgan fingerprint density at radius 3 is 2.62 bits per heavy atom. The van der Waals surface area contributed by atoms with Crippen molar-refractivity contribution in [3.05, 3.63) is 24.3 Å². The van der Waals surface area contributed by atoms with E-state index in [1.807, 2.05) is 0 Å². The van der Waals surface area contributed by atoms with Crippen molar-refractivity contribution < 1.29 is 18.0 Å². The summed E-state index contributed by atoms with van der Waals surface area (Å²) in [4.78, 5) is 23.4. The third-order valence-corrected chi connectivity index (χ3v) is 6.42. The van der Waals surface area contributed by atoms with Gasteiger partial charge in [-0.2, -0.15) is 9.41 Å². The molecule has 0 aliphatic carbocycles. The summed E-state index contributed by atoms with van der Waals surface area (Å²) in [5.74, 6) is -0.276. The number of benzene rings is 1. The molecule has 9 heteroatoms. The summed E-state index contributed by atoms with van der Waals surface area (Å²) in [7, 11) is -3.52. The van der Waals surface area contributed by atoms with Crippen LogP contribution in [0.2, 0.25) is 0 Å². The van der Waals surface area contributed by atoms with E-state index < -0.39 is 15.9 Å². The highest BCUT2D eigenvalue weighted by Crippen LogP contribution is 2.24. The molecule has 0 bridgehead atoms. The van der Waals surface area contributed by atoms with Gasteiger partial charge in [0.25, 0.3) is 5.91 Å². The summed E-state index contributed by atoms with van der Waals surface area (Å²) in [6.45, 7) is 3.12. The molecule has 1 aromatic carbocycles. The van der Waals surface area contributed by atoms with E-state index >= 15 is 0 Å². The van der Waals surface area contributed by atoms with Gasteiger partial charge >= 0.3 is 0 Å². The molecule has 0 aromatic heterocycles. The highest BCUT2D eigenvalue weighted by Gasteiger charge is 2.28. The zero-order valence-corrected chi connectivity index (χ0v) is 15.4. The first kappa shape index (κ1) is 18.5. The summed E-state index contributed by atoms with van der Waals surface area (Å²) in [5.41, 5.74) is 2.98. The monoisotopic (exact) mass is 378 g/mol. The molecule has 0 radical (unpaired) electrons. The number of hydrazone groups is 1. The molecular formula is C17H22N4O4S. The maximum absolute atomic E-state index is 12.7. The van der Waals surface area contributed by atoms with Crippen LogP contribution in [0.1, 0.15) is 32.6 Å². The molecule has 2 N–H and O–H groups in total. The Morgan fingerprint density at radius 2 is 2.00 bits per heavy atom. The lowest BCUT2D eigenvalue weighted by Crippen LogP contribution is -2.39. The van der Waals surface area contributed by atoms with Crippen LogP contribution in [0.15, 0.2) is 34.3 Å². The third kappa shape index (κ3) is 4.10. The Bertz CT molecular complexity index is 833. The number of anilines is 1. The first-order valence-corrected chi connectivity index (χ1v) is 10.1. The van der Waals surface area contributed by atoms with Gasteiger partial charge in [0.05, 0.1) is 4.90 Å². The van der Waals surface area contributed by atoms with E-state index in [2.05, 4.69) is 22.8 Å². The van der Waals surface area contributed by atoms with Crippen molar-refractivity contribution in [3.8, 4) is 0 Å². The van der Waals surface area contributed by atoms with Crippen molar-refractivity contribution in [2.45, 2.75) is 37.5 Å². The van der Waals surface area contributed by atoms with Crippen molar-refractivity contribution in [2.75, 3.05) is 18.4 Å². The van der Waals surface area contributed by atoms with Gasteiger partial charge in [-0.25, -0.2) is 13.8 Å². The van der Waals surface area contributed by atoms with E-state index in [4.69, 9.17) is 0 Å². The number of piperidine rings is 1. The Labute approximate surface area is 152 Å². The van der Waals surface area contributed by atoms with Crippen molar-refractivity contribution in [3.63, 3.8) is 0 Å². The van der Waals surface area contributed by atoms with Gasteiger partial charge in [-0.1, -0.05) is 6.92 Å². The molecule has 1 saturated heterocycles. The average molecular weight is 378 g/mol. The van der Waals surface area contributed by atoms with Crippen LogP contribution in [0.4, 0.5) is 5.69 Å². The van der Waals surface area contributed by atoms with Crippen LogP contribution < -0.4 is 10.7 Å². The molecule has 3 rings (SSSR count). The molecule has 1 fully saturated rings. The number of hydrogen-bond donors (Lipinski definition) is 2. The minimum absolute atomic E-state index is 0.215. The molecule has 0 spiro atoms. The van der Waals surface area contributed by atoms with E-state index in [0.717, 1.165) is 12.8 Å². The zero-order chi connectivity index (χ0) is 18.7. The van der Waals surface area contributed by atoms with Gasteiger partial charge in [0.1, 0.15) is 5.71 Å². The zero-order valence-electron chi connectivity index (χ0n) is 14.6. The molecular weight excluding hydrogens is 356 g/mol. The molecule has 2 aliphatic heterocycles. The van der Waals surface area contributed by atoms with E-state index in [9.17, 15) is 18.0 Å². The molecule has 1 atom stereocenters. The van der Waals surface area contributed by atoms with Crippen LogP contribution >= 0.6 is 0 Å². The number of carbonyl (C=O) groups excluding carboxylic acids is 2. The Kier molecular flexibility index (Phi) is 5.38. The summed E-state index contributed by atoms with van der Waals surface area (Å²) in [5, 5.41) is 6.40. The minimum atomic E-state index is -3.52. The van der Waals surface area contributed by atoms with E-state index in [1.165, 1.54) is 16.4 Å². The van der Waals surface area contributed by atoms with E-state index in [1.54, 1.807) is 12.1 Å². The first-order chi connectivity index (χ1) is 12.4. The van der Waals surface area contributed by atoms with Crippen molar-refractivity contribution >= 4 is 33.2 Å². The molecule has 1 aromatic rings. The van der Waals surface area contributed by atoms with Gasteiger partial charge in [0.2, 0.25) is 15.9 Å². The molecule has 26 heavy (non-hydrogen) atoms. The second-order valence-corrected chi connectivity index (χ2v) is 8.62. The van der Waals surface area contributed by atoms with Gasteiger partial charge in [-0.15, -0.1) is 0 Å². The number of nitrogens with one attached hydrogen (secondary N) is 2. The highest BCUT2D eigenvalue weighted by atomic mass is 32.2. The smallest absolute Gasteiger partial charge is 0.271 e. The van der Waals surface area contributed by atoms with Gasteiger partial charge in [0.15, 0.2) is 0 Å². The predicted molar refractivity (Wildman–Crippen MR) is 97.0 cm³/mol. The minimum Gasteiger partial charge on any atom is -0.321 e. The van der Waals surface area contributed by atoms with Crippen LogP contribution in [0, 0.1) is 5.92 Å². The average Bonchev–Trinajstić information content (AvgIpc) is 2.62. The largest absolute Gasteiger partial charge is 0.321 e. The topological polar surface area (TPSA) is 108 Å². The van der Waals surface area contributed by atoms with Crippen LogP contribution in [0.5, 0.6) is 0 Å². The first-order valence-electron chi connectivity index (χ1n) is 8.63. The Balaban J connectivity index is 1.68. The van der Waals surface area contributed by atoms with Crippen LogP contribution in [0.25, 0.3) is 0 Å². The van der Waals surface area contributed by atoms with Crippen molar-refractivity contribution in [1.29, 1.82) is 0 Å². The molecule has 2 heterocycles. The summed E-state index contributed by atoms with van der Waals surface area (Å²) >= 11 is 0. The van der Waals surface area contributed by atoms with Gasteiger partial charge in [0, 0.05) is 31.6 Å². The van der Waals surface area contributed by atoms with Crippen LogP contribution in [0.3, 0.4) is 0 Å². The molecule has 140 valence electrons. The number of nitrogens with zero attached hydrogens (tertiary/aromatic N) is 2. The lowest BCUT2D eigenvalue weighted by Gasteiger charge is -2.30. The summed E-state index contributed by atoms with van der Waals surface area (Å²) in [6, 6.07) is 6.10. The number of sulfonamides is 1. The maximum Gasteiger partial charge on any atom is 0.271 e. The highest BCUT2D eigenvalue weighted by molar-refractivity contribution is 7.89. The Morgan fingerprint density at radius 1 is 1.27 bits per heavy atom. The Hall–Kier alpha value is -2.26. The molecule has 1 unspecified atom stereocenters. The normalized spacial score (nSPS) is 21.7. The van der Waals surface area contributed by atoms with Gasteiger partial charge in [-0.3, -0.25) is 9.59 Å². The summed E-state index contributed by atoms with van der Waals surface area (Å²) < 4.78 is 27.0. The van der Waals surface area contributed by atoms with Crippen LogP contribution in [-0.2, 0) is 19.6 Å². The number of amides is 2. The number of hydrogen-bond acceptors (Lipinski definition) is 5. The quantitative estimate of drug-likeness (QED) is 0.823. The molecule has 2 amide bonds. The van der Waals surface area contributed by atoms with Gasteiger partial charge in [-0.05, 0) is 43.0 Å². The lowest BCUT2D eigenvalue weighted by molar-refractivity contribution is -0.121. The number of rotatable bonds is 4. The van der Waals surface area contributed by atoms with Crippen molar-refractivity contribution in [2.24, 2.45) is 11.0 Å². The third-order valence-electron chi connectivity index (χ3n) is 4.54. The van der Waals surface area contributed by atoms with Crippen molar-refractivity contribution in [1.82, 2.24) is 9.73 Å². The molecule has 2 aliphatic rings. The molecule has 0 saturated carbocycles. The molecule has 8 nitrogen and oxygen atoms in total. The fourth-order valence-corrected chi connectivity index (χ4v) is 4.66. The number of carbonyl (C=O) groups is 2. The van der Waals surface area contributed by atoms with E-state index in [0.29, 0.717) is 24.7 Å². The second-order valence-electron chi connectivity index (χ2n) is 6.68. The predicted octanol–water partition coefficient (Wildman–Crippen LogP) is 1.31. The maximum atomic E-state index is 12.7. The lowest BCUT2D eigenvalue weighted by atomic mass is 10.0. The second kappa shape index (κ2) is 7.55. The fraction of sp³-hybridized carbons (Fsp3) is 0.471. The fourth-order valence-electron chi connectivity index (χ4n) is 3.07. The van der Waals surface area contributed by atoms with E-state index in [-0.39, 0.29) is 29.4 Å². The SMILES string of the molecule is CC1CCCN(S(=O)(=O)c2ccc(NC(=O)C3=NNC(=O)CC3)cc2)C1. The van der Waals surface area contributed by atoms with Gasteiger partial charge < -0.3 is 5.32 Å².